The Morgan fingerprint density at radius 1 is 0.852 bits per heavy atom. The minimum absolute atomic E-state index is 0.0241. The first-order valence-electron chi connectivity index (χ1n) is 18.3. The molecule has 0 radical (unpaired) electrons. The number of aliphatic carboxylic acids is 1. The molecule has 1 heterocycles. The van der Waals surface area contributed by atoms with Gasteiger partial charge in [-0.25, -0.2) is 14.2 Å². The van der Waals surface area contributed by atoms with Crippen molar-refractivity contribution in [2.45, 2.75) is 103 Å². The molecule has 0 saturated heterocycles. The van der Waals surface area contributed by atoms with Gasteiger partial charge in [-0.05, 0) is 42.6 Å². The van der Waals surface area contributed by atoms with E-state index in [0.29, 0.717) is 18.4 Å². The highest BCUT2D eigenvalue weighted by molar-refractivity contribution is 6.38. The Morgan fingerprint density at radius 3 is 2.11 bits per heavy atom. The van der Waals surface area contributed by atoms with Gasteiger partial charge in [-0.2, -0.15) is 0 Å². The molecule has 294 valence electrons. The second-order valence-electron chi connectivity index (χ2n) is 14.3. The van der Waals surface area contributed by atoms with E-state index in [4.69, 9.17) is 0 Å². The lowest BCUT2D eigenvalue weighted by molar-refractivity contribution is -0.145. The van der Waals surface area contributed by atoms with Gasteiger partial charge in [-0.15, -0.1) is 0 Å². The number of carboxylic acids is 1. The molecule has 1 aromatic heterocycles. The zero-order chi connectivity index (χ0) is 39.9. The Labute approximate surface area is 314 Å². The third-order valence-corrected chi connectivity index (χ3v) is 9.46. The van der Waals surface area contributed by atoms with Crippen molar-refractivity contribution in [3.8, 4) is 0 Å². The predicted octanol–water partition coefficient (Wildman–Crippen LogP) is 1.91. The van der Waals surface area contributed by atoms with Crippen LogP contribution in [0.15, 0.2) is 48.9 Å². The predicted molar refractivity (Wildman–Crippen MR) is 195 cm³/mol. The first kappa shape index (κ1) is 43.1. The van der Waals surface area contributed by atoms with E-state index in [1.165, 1.54) is 18.6 Å². The molecule has 6 N–H and O–H groups in total. The molecular weight excluding hydrogens is 701 g/mol. The van der Waals surface area contributed by atoms with Gasteiger partial charge in [0, 0.05) is 37.7 Å². The van der Waals surface area contributed by atoms with Crippen molar-refractivity contribution in [1.82, 2.24) is 36.6 Å². The minimum Gasteiger partial charge on any atom is -0.480 e. The molecule has 1 aliphatic rings. The van der Waals surface area contributed by atoms with Crippen LogP contribution >= 0.6 is 0 Å². The monoisotopic (exact) mass is 753 g/mol. The van der Waals surface area contributed by atoms with Gasteiger partial charge in [-0.1, -0.05) is 71.4 Å². The molecule has 16 heteroatoms. The highest BCUT2D eigenvalue weighted by atomic mass is 19.1. The van der Waals surface area contributed by atoms with Crippen LogP contribution in [0.4, 0.5) is 4.39 Å². The van der Waals surface area contributed by atoms with Crippen molar-refractivity contribution < 1.29 is 43.1 Å². The number of carbonyl (C=O) groups is 7. The van der Waals surface area contributed by atoms with Gasteiger partial charge in [0.25, 0.3) is 11.8 Å². The number of ketones is 1. The number of Topliss-reactive ketones (excluding diaryl/α,β-unsaturated/α-hetero) is 1. The normalized spacial score (nSPS) is 18.9. The maximum atomic E-state index is 15.2. The highest BCUT2D eigenvalue weighted by Crippen LogP contribution is 2.36. The molecule has 1 aliphatic carbocycles. The number of benzene rings is 1. The average molecular weight is 754 g/mol. The van der Waals surface area contributed by atoms with Gasteiger partial charge in [-0.3, -0.25) is 33.8 Å². The molecule has 1 fully saturated rings. The molecule has 7 atom stereocenters. The van der Waals surface area contributed by atoms with Crippen LogP contribution in [0.3, 0.4) is 0 Å². The lowest BCUT2D eigenvalue weighted by Gasteiger charge is -2.28. The smallest absolute Gasteiger partial charge is 0.326 e. The van der Waals surface area contributed by atoms with E-state index in [1.54, 1.807) is 65.0 Å². The minimum atomic E-state index is -1.37. The first-order valence-corrected chi connectivity index (χ1v) is 18.3. The number of aromatic nitrogens is 2. The van der Waals surface area contributed by atoms with Gasteiger partial charge in [0.1, 0.15) is 30.0 Å². The largest absolute Gasteiger partial charge is 0.480 e. The van der Waals surface area contributed by atoms with E-state index in [9.17, 15) is 38.7 Å². The second kappa shape index (κ2) is 20.8. The summed E-state index contributed by atoms with van der Waals surface area (Å²) in [7, 11) is 0. The topological polar surface area (TPSA) is 226 Å². The summed E-state index contributed by atoms with van der Waals surface area (Å²) in [4.78, 5) is 98.2. The van der Waals surface area contributed by atoms with Crippen LogP contribution in [0.5, 0.6) is 0 Å². The number of nitrogens with one attached hydrogen (secondary N) is 5. The van der Waals surface area contributed by atoms with Crippen LogP contribution in [0, 0.1) is 23.7 Å². The molecule has 1 aromatic carbocycles. The third-order valence-electron chi connectivity index (χ3n) is 9.46. The SMILES string of the molecule is CCCC(NC(=O)C[C@H]1CC[C@H](F)[C@H]1CNC(=O)[C@@H](NC(=O)[C@H](NC(=O)c1cnccn1)C(C)C)C(C)C)C(=O)C(=O)N[C@@H](Cc1ccccc1)C(=O)O. The number of hydrogen-bond acceptors (Lipinski definition) is 9. The molecule has 0 spiro atoms. The molecule has 1 unspecified atom stereocenters. The van der Waals surface area contributed by atoms with Crippen LogP contribution in [0.1, 0.15) is 82.8 Å². The van der Waals surface area contributed by atoms with Crippen LogP contribution in [0.2, 0.25) is 0 Å². The van der Waals surface area contributed by atoms with Crippen molar-refractivity contribution in [3.05, 3.63) is 60.2 Å². The van der Waals surface area contributed by atoms with Crippen molar-refractivity contribution in [2.75, 3.05) is 6.54 Å². The third kappa shape index (κ3) is 12.7. The fraction of sp³-hybridized carbons (Fsp3) is 0.553. The van der Waals surface area contributed by atoms with E-state index in [1.807, 2.05) is 0 Å². The number of carboxylic acid groups (broad SMARTS) is 1. The molecule has 54 heavy (non-hydrogen) atoms. The summed E-state index contributed by atoms with van der Waals surface area (Å²) in [5.41, 5.74) is 0.672. The van der Waals surface area contributed by atoms with Gasteiger partial charge in [0.05, 0.1) is 12.2 Å². The quantitative estimate of drug-likeness (QED) is 0.108. The fourth-order valence-corrected chi connectivity index (χ4v) is 6.40. The van der Waals surface area contributed by atoms with E-state index in [2.05, 4.69) is 36.6 Å². The van der Waals surface area contributed by atoms with Crippen molar-refractivity contribution in [2.24, 2.45) is 23.7 Å². The highest BCUT2D eigenvalue weighted by Gasteiger charge is 2.39. The van der Waals surface area contributed by atoms with E-state index in [-0.39, 0.29) is 49.8 Å². The summed E-state index contributed by atoms with van der Waals surface area (Å²) in [5.74, 6) is -7.74. The summed E-state index contributed by atoms with van der Waals surface area (Å²) in [5, 5.41) is 22.6. The van der Waals surface area contributed by atoms with Crippen molar-refractivity contribution in [3.63, 3.8) is 0 Å². The standard InChI is InChI=1S/C38H52FN7O8/c1-6-10-27(33(48)37(52)44-28(38(53)54)17-23-11-8-7-9-12-23)43-30(47)18-24-13-14-26(39)25(24)19-42-35(50)31(21(2)3)46-36(51)32(22(4)5)45-34(49)29-20-40-15-16-41-29/h7-9,11-12,15-16,20-22,24-28,31-32H,6,10,13-14,17-19H2,1-5H3,(H,42,50)(H,43,47)(H,44,52)(H,45,49)(H,46,51)(H,53,54)/t24-,25+,26+,27?,28+,31+,32-/m1/s1. The van der Waals surface area contributed by atoms with E-state index in [0.717, 1.165) is 0 Å². The van der Waals surface area contributed by atoms with Gasteiger partial charge in [0.2, 0.25) is 23.5 Å². The summed E-state index contributed by atoms with van der Waals surface area (Å²) in [6.45, 7) is 8.57. The van der Waals surface area contributed by atoms with Gasteiger partial charge < -0.3 is 31.7 Å². The lowest BCUT2D eigenvalue weighted by Crippen LogP contribution is -2.57. The van der Waals surface area contributed by atoms with Crippen LogP contribution in [0.25, 0.3) is 0 Å². The summed E-state index contributed by atoms with van der Waals surface area (Å²) in [6.07, 6.45) is 3.52. The number of rotatable bonds is 20. The van der Waals surface area contributed by atoms with Crippen LogP contribution in [-0.4, -0.2) is 93.2 Å². The fourth-order valence-electron chi connectivity index (χ4n) is 6.40. The number of halogens is 1. The van der Waals surface area contributed by atoms with Crippen LogP contribution < -0.4 is 26.6 Å². The van der Waals surface area contributed by atoms with Crippen molar-refractivity contribution in [1.29, 1.82) is 0 Å². The second-order valence-corrected chi connectivity index (χ2v) is 14.3. The van der Waals surface area contributed by atoms with E-state index >= 15 is 4.39 Å². The average Bonchev–Trinajstić information content (AvgIpc) is 3.48. The number of amides is 5. The molecule has 0 aliphatic heterocycles. The number of hydrogen-bond donors (Lipinski definition) is 6. The molecular formula is C38H52FN7O8. The molecule has 1 saturated carbocycles. The zero-order valence-electron chi connectivity index (χ0n) is 31.3. The Balaban J connectivity index is 1.59. The van der Waals surface area contributed by atoms with E-state index < -0.39 is 83.5 Å². The van der Waals surface area contributed by atoms with Crippen LogP contribution in [-0.2, 0) is 35.2 Å². The number of nitrogens with zero attached hydrogens (tertiary/aromatic N) is 2. The number of carbonyl (C=O) groups excluding carboxylic acids is 6. The number of alkyl halides is 1. The maximum Gasteiger partial charge on any atom is 0.326 e. The summed E-state index contributed by atoms with van der Waals surface area (Å²) in [6, 6.07) is 4.01. The Bertz CT molecular complexity index is 1610. The molecule has 0 bridgehead atoms. The van der Waals surface area contributed by atoms with Gasteiger partial charge >= 0.3 is 5.97 Å². The molecule has 5 amide bonds. The first-order chi connectivity index (χ1) is 25.6. The molecule has 15 nitrogen and oxygen atoms in total. The maximum absolute atomic E-state index is 15.2. The lowest BCUT2D eigenvalue weighted by atomic mass is 9.91. The Kier molecular flexibility index (Phi) is 16.6. The van der Waals surface area contributed by atoms with Gasteiger partial charge in [0.15, 0.2) is 0 Å². The molecule has 3 rings (SSSR count). The Morgan fingerprint density at radius 2 is 1.52 bits per heavy atom. The Hall–Kier alpha value is -5.28. The molecule has 2 aromatic rings. The summed E-state index contributed by atoms with van der Waals surface area (Å²) < 4.78 is 15.2. The zero-order valence-corrected chi connectivity index (χ0v) is 31.3. The summed E-state index contributed by atoms with van der Waals surface area (Å²) >= 11 is 0. The van der Waals surface area contributed by atoms with Crippen molar-refractivity contribution >= 4 is 41.3 Å².